The fraction of sp³-hybridized carbons (Fsp3) is 0.529. The average Bonchev–Trinajstić information content (AvgIpc) is 3.58. The molecule has 2 atom stereocenters. The third-order valence-electron chi connectivity index (χ3n) is 10.0. The summed E-state index contributed by atoms with van der Waals surface area (Å²) in [5, 5.41) is 1.18. The maximum Gasteiger partial charge on any atom is 0.320 e. The molecule has 9 heteroatoms. The number of carbonyl (C=O) groups is 3. The van der Waals surface area contributed by atoms with E-state index in [-0.39, 0.29) is 29.6 Å². The number of hydrogen-bond acceptors (Lipinski definition) is 7. The summed E-state index contributed by atoms with van der Waals surface area (Å²) >= 11 is 1.53. The summed E-state index contributed by atoms with van der Waals surface area (Å²) in [6.45, 7) is 8.76. The number of anilines is 1. The highest BCUT2D eigenvalue weighted by atomic mass is 32.1. The second-order valence-electron chi connectivity index (χ2n) is 13.1. The lowest BCUT2D eigenvalue weighted by molar-refractivity contribution is -0.944. The molecule has 43 heavy (non-hydrogen) atoms. The summed E-state index contributed by atoms with van der Waals surface area (Å²) in [7, 11) is 0. The molecule has 2 amide bonds. The van der Waals surface area contributed by atoms with Crippen LogP contribution in [0.5, 0.6) is 0 Å². The zero-order chi connectivity index (χ0) is 30.0. The van der Waals surface area contributed by atoms with Crippen LogP contribution in [0, 0.1) is 11.8 Å². The van der Waals surface area contributed by atoms with Crippen LogP contribution < -0.4 is 4.90 Å². The lowest BCUT2D eigenvalue weighted by Gasteiger charge is -2.44. The molecule has 3 aromatic rings. The Bertz CT molecular complexity index is 1440. The highest BCUT2D eigenvalue weighted by molar-refractivity contribution is 7.13. The standard InChI is InChI=1S/C34H43N4O4S/c1-34(2,25-12-4-3-5-13-25)33(41)42-24-38(21-11-10-18-37-31(39)26-14-6-7-15-27(26)32(37)40)22-19-36(20-23-38)30-28-16-8-9-17-29(28)43-35-30/h3-5,8-9,12-13,16-17,26-27H,6-7,10-11,14-15,18-24H2,1-2H3/q+1. The fourth-order valence-electron chi connectivity index (χ4n) is 7.14. The maximum absolute atomic E-state index is 13.4. The van der Waals surface area contributed by atoms with Crippen molar-refractivity contribution in [1.82, 2.24) is 9.27 Å². The molecule has 3 heterocycles. The molecule has 3 aliphatic rings. The lowest BCUT2D eigenvalue weighted by Crippen LogP contribution is -2.61. The molecule has 6 rings (SSSR count). The van der Waals surface area contributed by atoms with Crippen molar-refractivity contribution in [2.75, 3.05) is 50.9 Å². The third kappa shape index (κ3) is 5.94. The minimum absolute atomic E-state index is 0.0415. The quantitative estimate of drug-likeness (QED) is 0.134. The molecule has 0 spiro atoms. The number of quaternary nitrogens is 1. The van der Waals surface area contributed by atoms with Crippen LogP contribution in [0.1, 0.15) is 57.9 Å². The Hall–Kier alpha value is -3.30. The molecule has 2 unspecified atom stereocenters. The number of likely N-dealkylation sites (tertiary alicyclic amines) is 1. The van der Waals surface area contributed by atoms with Gasteiger partial charge in [0.15, 0.2) is 5.82 Å². The number of esters is 1. The minimum atomic E-state index is -0.750. The van der Waals surface area contributed by atoms with Gasteiger partial charge in [0.1, 0.15) is 0 Å². The van der Waals surface area contributed by atoms with E-state index in [0.29, 0.717) is 17.8 Å². The number of fused-ring (bicyclic) bond motifs is 2. The highest BCUT2D eigenvalue weighted by Crippen LogP contribution is 2.38. The Balaban J connectivity index is 1.11. The number of aromatic nitrogens is 1. The fourth-order valence-corrected chi connectivity index (χ4v) is 7.93. The van der Waals surface area contributed by atoms with Gasteiger partial charge in [-0.2, -0.15) is 4.37 Å². The number of carbonyl (C=O) groups excluding carboxylic acids is 3. The number of hydrogen-bond donors (Lipinski definition) is 0. The second-order valence-corrected chi connectivity index (χ2v) is 13.9. The molecular formula is C34H43N4O4S+. The van der Waals surface area contributed by atoms with Crippen molar-refractivity contribution in [3.05, 3.63) is 60.2 Å². The van der Waals surface area contributed by atoms with Crippen molar-refractivity contribution >= 4 is 45.2 Å². The van der Waals surface area contributed by atoms with E-state index in [1.807, 2.05) is 50.2 Å². The van der Waals surface area contributed by atoms with Crippen molar-refractivity contribution in [2.45, 2.75) is 57.8 Å². The molecule has 3 fully saturated rings. The van der Waals surface area contributed by atoms with Gasteiger partial charge in [-0.05, 0) is 68.8 Å². The topological polar surface area (TPSA) is 79.8 Å². The minimum Gasteiger partial charge on any atom is -0.414 e. The van der Waals surface area contributed by atoms with Crippen molar-refractivity contribution in [3.63, 3.8) is 0 Å². The van der Waals surface area contributed by atoms with E-state index in [4.69, 9.17) is 9.11 Å². The van der Waals surface area contributed by atoms with Crippen LogP contribution in [-0.4, -0.2) is 77.5 Å². The summed E-state index contributed by atoms with van der Waals surface area (Å²) in [5.74, 6) is 0.705. The van der Waals surface area contributed by atoms with Crippen molar-refractivity contribution in [3.8, 4) is 0 Å². The second kappa shape index (κ2) is 12.4. The number of rotatable bonds is 10. The monoisotopic (exact) mass is 603 g/mol. The molecule has 2 aromatic carbocycles. The van der Waals surface area contributed by atoms with Crippen molar-refractivity contribution in [2.24, 2.45) is 11.8 Å². The van der Waals surface area contributed by atoms with Crippen LogP contribution in [0.3, 0.4) is 0 Å². The Kier molecular flexibility index (Phi) is 8.56. The molecule has 1 aliphatic carbocycles. The number of piperazine rings is 1. The summed E-state index contributed by atoms with van der Waals surface area (Å²) in [6, 6.07) is 18.1. The highest BCUT2D eigenvalue weighted by Gasteiger charge is 2.47. The van der Waals surface area contributed by atoms with E-state index in [2.05, 4.69) is 23.1 Å². The molecule has 228 valence electrons. The summed E-state index contributed by atoms with van der Waals surface area (Å²) < 4.78 is 12.7. The first-order valence-electron chi connectivity index (χ1n) is 15.8. The predicted octanol–water partition coefficient (Wildman–Crippen LogP) is 5.37. The Morgan fingerprint density at radius 3 is 2.30 bits per heavy atom. The predicted molar refractivity (Wildman–Crippen MR) is 169 cm³/mol. The number of amides is 2. The van der Waals surface area contributed by atoms with Crippen LogP contribution in [0.25, 0.3) is 10.1 Å². The Morgan fingerprint density at radius 2 is 1.60 bits per heavy atom. The van der Waals surface area contributed by atoms with E-state index in [1.165, 1.54) is 21.6 Å². The van der Waals surface area contributed by atoms with Crippen LogP contribution >= 0.6 is 11.5 Å². The molecule has 0 radical (unpaired) electrons. The number of nitrogens with zero attached hydrogens (tertiary/aromatic N) is 4. The van der Waals surface area contributed by atoms with Crippen LogP contribution in [0.4, 0.5) is 5.82 Å². The van der Waals surface area contributed by atoms with Crippen LogP contribution in [0.2, 0.25) is 0 Å². The number of unbranched alkanes of at least 4 members (excludes halogenated alkanes) is 1. The summed E-state index contributed by atoms with van der Waals surface area (Å²) in [6.07, 6.45) is 5.40. The molecule has 8 nitrogen and oxygen atoms in total. The summed E-state index contributed by atoms with van der Waals surface area (Å²) in [5.41, 5.74) is 0.187. The molecule has 0 bridgehead atoms. The summed E-state index contributed by atoms with van der Waals surface area (Å²) in [4.78, 5) is 43.3. The van der Waals surface area contributed by atoms with Gasteiger partial charge in [-0.15, -0.1) is 0 Å². The average molecular weight is 604 g/mol. The van der Waals surface area contributed by atoms with Gasteiger partial charge in [0.2, 0.25) is 18.5 Å². The van der Waals surface area contributed by atoms with Crippen molar-refractivity contribution < 1.29 is 23.6 Å². The lowest BCUT2D eigenvalue weighted by atomic mass is 9.81. The van der Waals surface area contributed by atoms with E-state index >= 15 is 0 Å². The van der Waals surface area contributed by atoms with E-state index < -0.39 is 5.41 Å². The normalized spacial score (nSPS) is 22.2. The first-order chi connectivity index (χ1) is 20.8. The zero-order valence-electron chi connectivity index (χ0n) is 25.4. The molecule has 0 N–H and O–H groups in total. The molecule has 1 aromatic heterocycles. The third-order valence-corrected chi connectivity index (χ3v) is 10.8. The van der Waals surface area contributed by atoms with Gasteiger partial charge in [0, 0.05) is 11.9 Å². The Labute approximate surface area is 258 Å². The van der Waals surface area contributed by atoms with Gasteiger partial charge < -0.3 is 9.64 Å². The Morgan fingerprint density at radius 1 is 0.953 bits per heavy atom. The molecular weight excluding hydrogens is 560 g/mol. The van der Waals surface area contributed by atoms with Gasteiger partial charge in [-0.25, -0.2) is 0 Å². The smallest absolute Gasteiger partial charge is 0.320 e. The van der Waals surface area contributed by atoms with E-state index in [1.54, 1.807) is 4.90 Å². The first kappa shape index (κ1) is 29.8. The van der Waals surface area contributed by atoms with Gasteiger partial charge in [0.05, 0.1) is 54.7 Å². The number of ether oxygens (including phenoxy) is 1. The molecule has 2 saturated heterocycles. The van der Waals surface area contributed by atoms with Crippen molar-refractivity contribution in [1.29, 1.82) is 0 Å². The maximum atomic E-state index is 13.4. The van der Waals surface area contributed by atoms with Gasteiger partial charge in [-0.3, -0.25) is 23.8 Å². The SMILES string of the molecule is CC(C)(C(=O)OC[N+]1(CCCCN2C(=O)C3CCCCC3C2=O)CCN(c2nsc3ccccc23)CC1)c1ccccc1. The van der Waals surface area contributed by atoms with Gasteiger partial charge >= 0.3 is 5.97 Å². The number of imide groups is 1. The largest absolute Gasteiger partial charge is 0.414 e. The zero-order valence-corrected chi connectivity index (χ0v) is 26.2. The van der Waals surface area contributed by atoms with Crippen LogP contribution in [-0.2, 0) is 24.5 Å². The first-order valence-corrected chi connectivity index (χ1v) is 16.6. The van der Waals surface area contributed by atoms with Crippen LogP contribution in [0.15, 0.2) is 54.6 Å². The van der Waals surface area contributed by atoms with Gasteiger partial charge in [-0.1, -0.05) is 55.3 Å². The number of benzene rings is 2. The van der Waals surface area contributed by atoms with E-state index in [9.17, 15) is 14.4 Å². The van der Waals surface area contributed by atoms with Gasteiger partial charge in [0.25, 0.3) is 0 Å². The molecule has 2 aliphatic heterocycles. The van der Waals surface area contributed by atoms with E-state index in [0.717, 1.165) is 82.6 Å². The molecule has 1 saturated carbocycles.